The molecule has 2 aromatic carbocycles. The quantitative estimate of drug-likeness (QED) is 0.178. The molecule has 1 saturated carbocycles. The highest BCUT2D eigenvalue weighted by atomic mass is 79.9. The fourth-order valence-corrected chi connectivity index (χ4v) is 5.62. The Bertz CT molecular complexity index is 1560. The van der Waals surface area contributed by atoms with Crippen molar-refractivity contribution < 1.29 is 41.1 Å². The monoisotopic (exact) mass is 715 g/mol. The Morgan fingerprint density at radius 3 is 2.35 bits per heavy atom. The van der Waals surface area contributed by atoms with E-state index < -0.39 is 41.6 Å². The number of anilines is 1. The van der Waals surface area contributed by atoms with Gasteiger partial charge in [0, 0.05) is 29.0 Å². The summed E-state index contributed by atoms with van der Waals surface area (Å²) >= 11 is 3.39. The Hall–Kier alpha value is -3.75. The zero-order valence-electron chi connectivity index (χ0n) is 25.4. The van der Waals surface area contributed by atoms with Crippen molar-refractivity contribution >= 4 is 50.6 Å². The number of H-pyrrole nitrogens is 1. The predicted molar refractivity (Wildman–Crippen MR) is 164 cm³/mol. The SMILES string of the molecule is CC(C)(C)OC(=O)NCC1CCC(C(=O)N[C@@H](Cc2cccc(Br)c2)C(=O)Nc2ccc3nc(C(F)(F)C(F)(F)F)[nH]c3c2)CC1. The number of hydrogen-bond donors (Lipinski definition) is 4. The summed E-state index contributed by atoms with van der Waals surface area (Å²) in [6.45, 7) is 5.75. The molecule has 3 amide bonds. The number of amides is 3. The van der Waals surface area contributed by atoms with Crippen LogP contribution in [0.5, 0.6) is 0 Å². The maximum absolute atomic E-state index is 13.8. The van der Waals surface area contributed by atoms with Crippen LogP contribution in [0.25, 0.3) is 11.0 Å². The first-order chi connectivity index (χ1) is 21.4. The number of alkyl carbamates (subject to hydrolysis) is 1. The molecule has 4 N–H and O–H groups in total. The second-order valence-corrected chi connectivity index (χ2v) is 13.3. The molecule has 3 aromatic rings. The van der Waals surface area contributed by atoms with Crippen molar-refractivity contribution in [2.45, 2.75) is 76.6 Å². The first-order valence-corrected chi connectivity index (χ1v) is 15.5. The van der Waals surface area contributed by atoms with Crippen molar-refractivity contribution in [2.24, 2.45) is 11.8 Å². The highest BCUT2D eigenvalue weighted by molar-refractivity contribution is 9.10. The summed E-state index contributed by atoms with van der Waals surface area (Å²) < 4.78 is 72.2. The van der Waals surface area contributed by atoms with E-state index in [4.69, 9.17) is 4.74 Å². The van der Waals surface area contributed by atoms with Gasteiger partial charge >= 0.3 is 18.2 Å². The van der Waals surface area contributed by atoms with Crippen LogP contribution in [-0.2, 0) is 26.7 Å². The maximum atomic E-state index is 13.8. The van der Waals surface area contributed by atoms with E-state index in [1.165, 1.54) is 18.2 Å². The van der Waals surface area contributed by atoms with Crippen LogP contribution in [0.15, 0.2) is 46.9 Å². The zero-order chi connectivity index (χ0) is 33.9. The van der Waals surface area contributed by atoms with E-state index in [9.17, 15) is 36.3 Å². The molecule has 0 unspecified atom stereocenters. The molecule has 15 heteroatoms. The van der Waals surface area contributed by atoms with Gasteiger partial charge in [-0.05, 0) is 88.3 Å². The number of halogens is 6. The van der Waals surface area contributed by atoms with Gasteiger partial charge in [0.1, 0.15) is 11.6 Å². The van der Waals surface area contributed by atoms with Gasteiger partial charge in [0.25, 0.3) is 0 Å². The molecule has 1 atom stereocenters. The lowest BCUT2D eigenvalue weighted by Crippen LogP contribution is -2.48. The summed E-state index contributed by atoms with van der Waals surface area (Å²) in [5.41, 5.74) is -0.0401. The average Bonchev–Trinajstić information content (AvgIpc) is 3.39. The van der Waals surface area contributed by atoms with Crippen LogP contribution in [0.3, 0.4) is 0 Å². The molecule has 1 heterocycles. The molecule has 9 nitrogen and oxygen atoms in total. The molecule has 0 spiro atoms. The second-order valence-electron chi connectivity index (χ2n) is 12.4. The molecule has 250 valence electrons. The summed E-state index contributed by atoms with van der Waals surface area (Å²) in [4.78, 5) is 44.2. The van der Waals surface area contributed by atoms with Crippen molar-refractivity contribution in [3.05, 3.63) is 58.3 Å². The number of fused-ring (bicyclic) bond motifs is 1. The van der Waals surface area contributed by atoms with Crippen LogP contribution in [-0.4, -0.2) is 52.2 Å². The lowest BCUT2D eigenvalue weighted by atomic mass is 9.81. The fourth-order valence-electron chi connectivity index (χ4n) is 5.17. The molecular formula is C31H35BrF5N5O4. The van der Waals surface area contributed by atoms with E-state index in [1.54, 1.807) is 39.0 Å². The third kappa shape index (κ3) is 9.17. The van der Waals surface area contributed by atoms with Gasteiger partial charge in [-0.25, -0.2) is 9.78 Å². The molecule has 46 heavy (non-hydrogen) atoms. The van der Waals surface area contributed by atoms with Crippen molar-refractivity contribution in [3.8, 4) is 0 Å². The maximum Gasteiger partial charge on any atom is 0.461 e. The molecule has 1 fully saturated rings. The molecule has 1 aliphatic rings. The number of alkyl halides is 5. The van der Waals surface area contributed by atoms with Gasteiger partial charge in [0.2, 0.25) is 11.8 Å². The smallest absolute Gasteiger partial charge is 0.444 e. The van der Waals surface area contributed by atoms with Crippen molar-refractivity contribution in [3.63, 3.8) is 0 Å². The molecule has 0 bridgehead atoms. The third-order valence-corrected chi connectivity index (χ3v) is 8.01. The second kappa shape index (κ2) is 13.9. The zero-order valence-corrected chi connectivity index (χ0v) is 27.0. The summed E-state index contributed by atoms with van der Waals surface area (Å²) in [5, 5.41) is 8.24. The van der Waals surface area contributed by atoms with E-state index in [2.05, 4.69) is 36.9 Å². The highest BCUT2D eigenvalue weighted by Gasteiger charge is 2.61. The van der Waals surface area contributed by atoms with Gasteiger partial charge in [0.05, 0.1) is 11.0 Å². The Kier molecular flexibility index (Phi) is 10.6. The van der Waals surface area contributed by atoms with E-state index in [1.807, 2.05) is 11.1 Å². The molecule has 1 aliphatic carbocycles. The first-order valence-electron chi connectivity index (χ1n) is 14.7. The van der Waals surface area contributed by atoms with E-state index in [0.717, 1.165) is 10.0 Å². The highest BCUT2D eigenvalue weighted by Crippen LogP contribution is 2.43. The largest absolute Gasteiger partial charge is 0.461 e. The number of benzene rings is 2. The molecule has 1 aromatic heterocycles. The summed E-state index contributed by atoms with van der Waals surface area (Å²) in [6.07, 6.45) is -3.73. The Morgan fingerprint density at radius 2 is 1.72 bits per heavy atom. The number of carbonyl (C=O) groups is 3. The Balaban J connectivity index is 1.42. The summed E-state index contributed by atoms with van der Waals surface area (Å²) in [6, 6.07) is 9.87. The molecule has 0 saturated heterocycles. The fraction of sp³-hybridized carbons (Fsp3) is 0.484. The van der Waals surface area contributed by atoms with Gasteiger partial charge in [0.15, 0.2) is 5.82 Å². The van der Waals surface area contributed by atoms with Crippen LogP contribution in [0.4, 0.5) is 32.4 Å². The number of nitrogens with one attached hydrogen (secondary N) is 4. The minimum absolute atomic E-state index is 0.106. The average molecular weight is 717 g/mol. The van der Waals surface area contributed by atoms with Gasteiger partial charge in [-0.1, -0.05) is 28.1 Å². The normalized spacial score (nSPS) is 18.1. The number of nitrogens with zero attached hydrogens (tertiary/aromatic N) is 1. The third-order valence-electron chi connectivity index (χ3n) is 7.52. The van der Waals surface area contributed by atoms with Crippen LogP contribution in [0, 0.1) is 11.8 Å². The van der Waals surface area contributed by atoms with Crippen molar-refractivity contribution in [1.29, 1.82) is 0 Å². The lowest BCUT2D eigenvalue weighted by molar-refractivity contribution is -0.292. The Labute approximate surface area is 270 Å². The van der Waals surface area contributed by atoms with E-state index in [-0.39, 0.29) is 40.9 Å². The number of aromatic nitrogens is 2. The van der Waals surface area contributed by atoms with Crippen LogP contribution in [0.1, 0.15) is 57.8 Å². The minimum Gasteiger partial charge on any atom is -0.444 e. The molecule has 0 aliphatic heterocycles. The predicted octanol–water partition coefficient (Wildman–Crippen LogP) is 6.98. The number of ether oxygens (including phenoxy) is 1. The summed E-state index contributed by atoms with van der Waals surface area (Å²) in [5.74, 6) is -7.85. The summed E-state index contributed by atoms with van der Waals surface area (Å²) in [7, 11) is 0. The van der Waals surface area contributed by atoms with E-state index >= 15 is 0 Å². The minimum atomic E-state index is -5.84. The number of rotatable bonds is 9. The van der Waals surface area contributed by atoms with Crippen LogP contribution < -0.4 is 16.0 Å². The van der Waals surface area contributed by atoms with Crippen molar-refractivity contribution in [1.82, 2.24) is 20.6 Å². The molecule has 4 rings (SSSR count). The topological polar surface area (TPSA) is 125 Å². The van der Waals surface area contributed by atoms with Crippen molar-refractivity contribution in [2.75, 3.05) is 11.9 Å². The number of hydrogen-bond acceptors (Lipinski definition) is 5. The molecule has 0 radical (unpaired) electrons. The van der Waals surface area contributed by atoms with Crippen LogP contribution >= 0.6 is 15.9 Å². The standard InChI is InChI=1S/C31H35BrF5N5O4/c1-29(2,3)46-28(45)38-16-17-7-9-19(10-8-17)25(43)40-24(14-18-5-4-6-20(32)13-18)26(44)39-21-11-12-22-23(15-21)42-27(41-22)30(33,34)31(35,36)37/h4-6,11-13,15,17,19,24H,7-10,14,16H2,1-3H3,(H,38,45)(H,39,44)(H,40,43)(H,41,42)/t17?,19?,24-/m0/s1. The van der Waals surface area contributed by atoms with Gasteiger partial charge in [-0.15, -0.1) is 0 Å². The van der Waals surface area contributed by atoms with Crippen LogP contribution in [0.2, 0.25) is 0 Å². The van der Waals surface area contributed by atoms with Gasteiger partial charge in [-0.3, -0.25) is 9.59 Å². The lowest BCUT2D eigenvalue weighted by Gasteiger charge is -2.29. The number of aromatic amines is 1. The molecular weight excluding hydrogens is 681 g/mol. The number of imidazole rings is 1. The van der Waals surface area contributed by atoms with Gasteiger partial charge < -0.3 is 25.7 Å². The van der Waals surface area contributed by atoms with Gasteiger partial charge in [-0.2, -0.15) is 22.0 Å². The van der Waals surface area contributed by atoms with E-state index in [0.29, 0.717) is 32.2 Å². The Morgan fingerprint density at radius 1 is 1.02 bits per heavy atom. The number of carbonyl (C=O) groups excluding carboxylic acids is 3. The first kappa shape index (κ1) is 35.1.